The van der Waals surface area contributed by atoms with Crippen LogP contribution in [-0.2, 0) is 4.74 Å². The van der Waals surface area contributed by atoms with E-state index >= 15 is 0 Å². The molecule has 2 saturated heterocycles. The SMILES string of the molecule is C[C@@H]1CN(CC2CNNC2c2cccc3ccccc23)C[C@H](C)O1. The number of hydrogen-bond donors (Lipinski definition) is 2. The zero-order valence-electron chi connectivity index (χ0n) is 14.5. The van der Waals surface area contributed by atoms with Gasteiger partial charge in [-0.15, -0.1) is 0 Å². The second-order valence-electron chi connectivity index (χ2n) is 7.31. The molecule has 2 aliphatic heterocycles. The number of fused-ring (bicyclic) bond motifs is 1. The van der Waals surface area contributed by atoms with E-state index in [1.807, 2.05) is 0 Å². The second kappa shape index (κ2) is 6.81. The summed E-state index contributed by atoms with van der Waals surface area (Å²) in [4.78, 5) is 2.57. The highest BCUT2D eigenvalue weighted by molar-refractivity contribution is 5.86. The molecule has 128 valence electrons. The van der Waals surface area contributed by atoms with Gasteiger partial charge in [-0.25, -0.2) is 5.43 Å². The zero-order chi connectivity index (χ0) is 16.5. The van der Waals surface area contributed by atoms with Crippen LogP contribution in [0.1, 0.15) is 25.5 Å². The molecule has 0 saturated carbocycles. The maximum absolute atomic E-state index is 5.88. The van der Waals surface area contributed by atoms with Gasteiger partial charge in [0.15, 0.2) is 0 Å². The molecule has 0 aliphatic carbocycles. The van der Waals surface area contributed by atoms with Crippen LogP contribution in [0.3, 0.4) is 0 Å². The Hall–Kier alpha value is -1.46. The first-order chi connectivity index (χ1) is 11.7. The van der Waals surface area contributed by atoms with Crippen molar-refractivity contribution in [1.82, 2.24) is 15.8 Å². The molecule has 0 spiro atoms. The van der Waals surface area contributed by atoms with Crippen molar-refractivity contribution in [2.45, 2.75) is 32.1 Å². The predicted molar refractivity (Wildman–Crippen MR) is 97.8 cm³/mol. The molecule has 2 aromatic carbocycles. The Labute approximate surface area is 144 Å². The Morgan fingerprint density at radius 3 is 2.62 bits per heavy atom. The Bertz CT molecular complexity index is 689. The summed E-state index contributed by atoms with van der Waals surface area (Å²) in [5, 5.41) is 2.67. The molecule has 2 unspecified atom stereocenters. The standard InChI is InChI=1S/C20H27N3O/c1-14-11-23(12-15(2)24-14)13-17-10-21-22-20(17)19-9-5-7-16-6-3-4-8-18(16)19/h3-9,14-15,17,20-22H,10-13H2,1-2H3/t14-,15+,17?,20?. The lowest BCUT2D eigenvalue weighted by molar-refractivity contribution is -0.0714. The second-order valence-corrected chi connectivity index (χ2v) is 7.31. The Kier molecular flexibility index (Phi) is 4.55. The third-order valence-corrected chi connectivity index (χ3v) is 5.24. The molecule has 0 aromatic heterocycles. The molecule has 2 fully saturated rings. The highest BCUT2D eigenvalue weighted by Gasteiger charge is 2.32. The van der Waals surface area contributed by atoms with Gasteiger partial charge in [-0.2, -0.15) is 0 Å². The summed E-state index contributed by atoms with van der Waals surface area (Å²) in [5.74, 6) is 0.563. The van der Waals surface area contributed by atoms with E-state index in [4.69, 9.17) is 4.74 Å². The van der Waals surface area contributed by atoms with Gasteiger partial charge < -0.3 is 4.74 Å². The molecule has 2 aromatic rings. The van der Waals surface area contributed by atoms with Crippen molar-refractivity contribution in [3.63, 3.8) is 0 Å². The fourth-order valence-electron chi connectivity index (χ4n) is 4.32. The molecule has 4 nitrogen and oxygen atoms in total. The number of nitrogens with one attached hydrogen (secondary N) is 2. The lowest BCUT2D eigenvalue weighted by atomic mass is 9.90. The number of ether oxygens (including phenoxy) is 1. The van der Waals surface area contributed by atoms with Crippen molar-refractivity contribution in [2.75, 3.05) is 26.2 Å². The maximum atomic E-state index is 5.88. The fraction of sp³-hybridized carbons (Fsp3) is 0.500. The van der Waals surface area contributed by atoms with E-state index in [2.05, 4.69) is 72.1 Å². The molecule has 4 atom stereocenters. The third kappa shape index (κ3) is 3.20. The van der Waals surface area contributed by atoms with Crippen LogP contribution in [0.25, 0.3) is 10.8 Å². The summed E-state index contributed by atoms with van der Waals surface area (Å²) in [7, 11) is 0. The van der Waals surface area contributed by atoms with Crippen LogP contribution in [0.15, 0.2) is 42.5 Å². The smallest absolute Gasteiger partial charge is 0.0678 e. The van der Waals surface area contributed by atoms with Crippen LogP contribution in [-0.4, -0.2) is 43.3 Å². The van der Waals surface area contributed by atoms with E-state index in [1.165, 1.54) is 16.3 Å². The van der Waals surface area contributed by atoms with Gasteiger partial charge in [0.1, 0.15) is 0 Å². The average Bonchev–Trinajstić information content (AvgIpc) is 3.01. The summed E-state index contributed by atoms with van der Waals surface area (Å²) in [6.45, 7) is 8.53. The summed E-state index contributed by atoms with van der Waals surface area (Å²) < 4.78 is 5.88. The Morgan fingerprint density at radius 1 is 1.04 bits per heavy atom. The van der Waals surface area contributed by atoms with Gasteiger partial charge in [-0.1, -0.05) is 42.5 Å². The molecule has 24 heavy (non-hydrogen) atoms. The fourth-order valence-corrected chi connectivity index (χ4v) is 4.32. The highest BCUT2D eigenvalue weighted by Crippen LogP contribution is 2.31. The van der Waals surface area contributed by atoms with Crippen LogP contribution < -0.4 is 10.9 Å². The minimum atomic E-state index is 0.326. The minimum absolute atomic E-state index is 0.326. The average molecular weight is 325 g/mol. The van der Waals surface area contributed by atoms with E-state index in [1.54, 1.807) is 0 Å². The molecule has 2 heterocycles. The van der Waals surface area contributed by atoms with Gasteiger partial charge in [0.05, 0.1) is 18.2 Å². The van der Waals surface area contributed by atoms with Gasteiger partial charge >= 0.3 is 0 Å². The van der Waals surface area contributed by atoms with Crippen molar-refractivity contribution in [1.29, 1.82) is 0 Å². The zero-order valence-corrected chi connectivity index (χ0v) is 14.5. The number of benzene rings is 2. The number of nitrogens with zero attached hydrogens (tertiary/aromatic N) is 1. The minimum Gasteiger partial charge on any atom is -0.373 e. The van der Waals surface area contributed by atoms with Crippen LogP contribution >= 0.6 is 0 Å². The van der Waals surface area contributed by atoms with Crippen molar-refractivity contribution in [3.05, 3.63) is 48.0 Å². The van der Waals surface area contributed by atoms with Crippen molar-refractivity contribution in [2.24, 2.45) is 5.92 Å². The number of morpholine rings is 1. The third-order valence-electron chi connectivity index (χ3n) is 5.24. The first-order valence-electron chi connectivity index (χ1n) is 9.04. The van der Waals surface area contributed by atoms with Crippen molar-refractivity contribution in [3.8, 4) is 0 Å². The van der Waals surface area contributed by atoms with E-state index < -0.39 is 0 Å². The molecular formula is C20H27N3O. The molecule has 2 N–H and O–H groups in total. The molecule has 0 radical (unpaired) electrons. The molecule has 4 heteroatoms. The largest absolute Gasteiger partial charge is 0.373 e. The molecule has 0 bridgehead atoms. The van der Waals surface area contributed by atoms with Gasteiger partial charge in [0.25, 0.3) is 0 Å². The lowest BCUT2D eigenvalue weighted by Crippen LogP contribution is -2.47. The predicted octanol–water partition coefficient (Wildman–Crippen LogP) is 2.71. The van der Waals surface area contributed by atoms with Crippen LogP contribution in [0.5, 0.6) is 0 Å². The Balaban J connectivity index is 1.56. The normalized spacial score (nSPS) is 31.6. The highest BCUT2D eigenvalue weighted by atomic mass is 16.5. The number of hydrogen-bond acceptors (Lipinski definition) is 4. The van der Waals surface area contributed by atoms with E-state index in [0.717, 1.165) is 26.2 Å². The van der Waals surface area contributed by atoms with Gasteiger partial charge in [-0.3, -0.25) is 10.3 Å². The van der Waals surface area contributed by atoms with Gasteiger partial charge in [0.2, 0.25) is 0 Å². The number of rotatable bonds is 3. The molecular weight excluding hydrogens is 298 g/mol. The van der Waals surface area contributed by atoms with E-state index in [9.17, 15) is 0 Å². The number of hydrazine groups is 1. The van der Waals surface area contributed by atoms with Gasteiger partial charge in [-0.05, 0) is 30.2 Å². The molecule has 4 rings (SSSR count). The summed E-state index contributed by atoms with van der Waals surface area (Å²) in [5.41, 5.74) is 8.31. The Morgan fingerprint density at radius 2 is 1.79 bits per heavy atom. The first-order valence-corrected chi connectivity index (χ1v) is 9.04. The quantitative estimate of drug-likeness (QED) is 0.910. The first kappa shape index (κ1) is 16.0. The summed E-state index contributed by atoms with van der Waals surface area (Å²) in [6.07, 6.45) is 0.652. The monoisotopic (exact) mass is 325 g/mol. The van der Waals surface area contributed by atoms with E-state index in [0.29, 0.717) is 24.2 Å². The lowest BCUT2D eigenvalue weighted by Gasteiger charge is -2.37. The van der Waals surface area contributed by atoms with Gasteiger partial charge in [0, 0.05) is 32.1 Å². The van der Waals surface area contributed by atoms with Crippen molar-refractivity contribution >= 4 is 10.8 Å². The van der Waals surface area contributed by atoms with Crippen LogP contribution in [0.2, 0.25) is 0 Å². The van der Waals surface area contributed by atoms with Crippen LogP contribution in [0, 0.1) is 5.92 Å². The molecule has 0 amide bonds. The van der Waals surface area contributed by atoms with Crippen LogP contribution in [0.4, 0.5) is 0 Å². The maximum Gasteiger partial charge on any atom is 0.0678 e. The summed E-state index contributed by atoms with van der Waals surface area (Å²) in [6, 6.07) is 15.7. The van der Waals surface area contributed by atoms with Crippen molar-refractivity contribution < 1.29 is 4.74 Å². The van der Waals surface area contributed by atoms with E-state index in [-0.39, 0.29) is 0 Å². The topological polar surface area (TPSA) is 36.5 Å². The summed E-state index contributed by atoms with van der Waals surface area (Å²) >= 11 is 0. The molecule has 2 aliphatic rings.